The monoisotopic (exact) mass is 388 g/mol. The Morgan fingerprint density at radius 3 is 2.52 bits per heavy atom. The van der Waals surface area contributed by atoms with Crippen molar-refractivity contribution < 1.29 is 17.6 Å². The smallest absolute Gasteiger partial charge is 0.247 e. The zero-order valence-corrected chi connectivity index (χ0v) is 16.1. The molecule has 1 aromatic carbocycles. The van der Waals surface area contributed by atoms with Crippen LogP contribution < -0.4 is 4.72 Å². The average Bonchev–Trinajstić information content (AvgIpc) is 3.31. The molecule has 144 valence electrons. The van der Waals surface area contributed by atoms with Crippen molar-refractivity contribution in [3.63, 3.8) is 0 Å². The molecule has 1 N–H and O–H groups in total. The highest BCUT2D eigenvalue weighted by Gasteiger charge is 2.26. The Kier molecular flexibility index (Phi) is 6.01. The van der Waals surface area contributed by atoms with Crippen LogP contribution in [0, 0.1) is 0 Å². The summed E-state index contributed by atoms with van der Waals surface area (Å²) in [5.41, 5.74) is 1.32. The summed E-state index contributed by atoms with van der Waals surface area (Å²) in [4.78, 5) is 14.7. The summed E-state index contributed by atoms with van der Waals surface area (Å²) in [6, 6.07) is 10.8. The molecule has 0 radical (unpaired) electrons. The van der Waals surface area contributed by atoms with Gasteiger partial charge in [-0.2, -0.15) is 0 Å². The molecule has 1 amide bonds. The summed E-state index contributed by atoms with van der Waals surface area (Å²) < 4.78 is 30.3. The van der Waals surface area contributed by atoms with Gasteiger partial charge in [0.05, 0.1) is 19.1 Å². The van der Waals surface area contributed by atoms with Crippen molar-refractivity contribution in [1.82, 2.24) is 4.90 Å². The van der Waals surface area contributed by atoms with Gasteiger partial charge in [0.1, 0.15) is 5.76 Å². The van der Waals surface area contributed by atoms with Crippen LogP contribution >= 0.6 is 0 Å². The third kappa shape index (κ3) is 5.72. The lowest BCUT2D eigenvalue weighted by molar-refractivity contribution is -0.129. The van der Waals surface area contributed by atoms with Crippen LogP contribution in [0.25, 0.3) is 6.08 Å². The van der Waals surface area contributed by atoms with Crippen molar-refractivity contribution in [2.45, 2.75) is 38.3 Å². The lowest BCUT2D eigenvalue weighted by atomic mass is 10.1. The molecule has 0 spiro atoms. The minimum absolute atomic E-state index is 0.0448. The van der Waals surface area contributed by atoms with E-state index < -0.39 is 10.0 Å². The molecule has 27 heavy (non-hydrogen) atoms. The summed E-state index contributed by atoms with van der Waals surface area (Å²) in [5, 5.41) is 0. The fourth-order valence-electron chi connectivity index (χ4n) is 3.31. The number of anilines is 1. The summed E-state index contributed by atoms with van der Waals surface area (Å²) in [6.45, 7) is 0.470. The number of carbonyl (C=O) groups excluding carboxylic acids is 1. The molecule has 0 atom stereocenters. The Morgan fingerprint density at radius 1 is 1.22 bits per heavy atom. The fourth-order valence-corrected chi connectivity index (χ4v) is 3.88. The molecule has 0 saturated heterocycles. The van der Waals surface area contributed by atoms with Crippen LogP contribution in [0.15, 0.2) is 53.2 Å². The van der Waals surface area contributed by atoms with Crippen molar-refractivity contribution in [2.24, 2.45) is 0 Å². The number of amides is 1. The largest absolute Gasteiger partial charge is 0.467 e. The molecular formula is C20H24N2O4S. The molecular weight excluding hydrogens is 364 g/mol. The normalized spacial score (nSPS) is 15.3. The van der Waals surface area contributed by atoms with Gasteiger partial charge in [-0.3, -0.25) is 9.52 Å². The minimum Gasteiger partial charge on any atom is -0.467 e. The van der Waals surface area contributed by atoms with Gasteiger partial charge in [-0.25, -0.2) is 8.42 Å². The number of rotatable bonds is 7. The number of nitrogens with one attached hydrogen (secondary N) is 1. The van der Waals surface area contributed by atoms with Crippen LogP contribution in [-0.2, 0) is 21.4 Å². The first-order chi connectivity index (χ1) is 12.9. The molecule has 0 bridgehead atoms. The van der Waals surface area contributed by atoms with Crippen molar-refractivity contribution >= 4 is 27.7 Å². The Hall–Kier alpha value is -2.54. The molecule has 7 heteroatoms. The Bertz CT molecular complexity index is 881. The van der Waals surface area contributed by atoms with Crippen LogP contribution in [0.3, 0.4) is 0 Å². The van der Waals surface area contributed by atoms with Gasteiger partial charge in [0.2, 0.25) is 15.9 Å². The van der Waals surface area contributed by atoms with E-state index in [0.717, 1.165) is 43.3 Å². The predicted molar refractivity (Wildman–Crippen MR) is 105 cm³/mol. The highest BCUT2D eigenvalue weighted by molar-refractivity contribution is 7.92. The van der Waals surface area contributed by atoms with Gasteiger partial charge in [-0.05, 0) is 48.7 Å². The Balaban J connectivity index is 1.68. The summed E-state index contributed by atoms with van der Waals surface area (Å²) in [7, 11) is -3.30. The Labute approximate surface area is 159 Å². The van der Waals surface area contributed by atoms with E-state index in [0.29, 0.717) is 12.2 Å². The molecule has 1 heterocycles. The first kappa shape index (κ1) is 19.2. The van der Waals surface area contributed by atoms with E-state index in [9.17, 15) is 13.2 Å². The molecule has 1 fully saturated rings. The van der Waals surface area contributed by atoms with Crippen LogP contribution in [0.4, 0.5) is 5.69 Å². The van der Waals surface area contributed by atoms with Gasteiger partial charge < -0.3 is 9.32 Å². The van der Waals surface area contributed by atoms with Gasteiger partial charge in [-0.1, -0.05) is 25.0 Å². The molecule has 0 aliphatic heterocycles. The molecule has 1 saturated carbocycles. The standard InChI is InChI=1S/C20H24N2O4S/c1-27(24,25)21-17-11-8-16(9-12-17)10-13-20(23)22(18-5-2-3-6-18)15-19-7-4-14-26-19/h4,7-14,18,21H,2-3,5-6,15H2,1H3. The lowest BCUT2D eigenvalue weighted by Gasteiger charge is -2.27. The maximum Gasteiger partial charge on any atom is 0.247 e. The second kappa shape index (κ2) is 8.43. The van der Waals surface area contributed by atoms with Gasteiger partial charge in [0, 0.05) is 17.8 Å². The molecule has 2 aromatic rings. The van der Waals surface area contributed by atoms with Crippen molar-refractivity contribution in [1.29, 1.82) is 0 Å². The summed E-state index contributed by atoms with van der Waals surface area (Å²) >= 11 is 0. The third-order valence-electron chi connectivity index (χ3n) is 4.59. The van der Waals surface area contributed by atoms with E-state index >= 15 is 0 Å². The van der Waals surface area contributed by atoms with Crippen molar-refractivity contribution in [3.05, 3.63) is 60.1 Å². The van der Waals surface area contributed by atoms with Crippen LogP contribution in [0.5, 0.6) is 0 Å². The Morgan fingerprint density at radius 2 is 1.93 bits per heavy atom. The van der Waals surface area contributed by atoms with Gasteiger partial charge in [-0.15, -0.1) is 0 Å². The van der Waals surface area contributed by atoms with Crippen LogP contribution in [0.2, 0.25) is 0 Å². The topological polar surface area (TPSA) is 79.6 Å². The van der Waals surface area contributed by atoms with E-state index in [1.807, 2.05) is 17.0 Å². The molecule has 1 aliphatic carbocycles. The predicted octanol–water partition coefficient (Wildman–Crippen LogP) is 3.64. The molecule has 1 aromatic heterocycles. The third-order valence-corrected chi connectivity index (χ3v) is 5.19. The number of benzene rings is 1. The zero-order chi connectivity index (χ0) is 19.3. The first-order valence-corrected chi connectivity index (χ1v) is 10.9. The SMILES string of the molecule is CS(=O)(=O)Nc1ccc(C=CC(=O)N(Cc2ccco2)C2CCCC2)cc1. The van der Waals surface area contributed by atoms with Gasteiger partial charge in [0.15, 0.2) is 0 Å². The highest BCUT2D eigenvalue weighted by atomic mass is 32.2. The number of hydrogen-bond donors (Lipinski definition) is 1. The van der Waals surface area contributed by atoms with Gasteiger partial charge in [0.25, 0.3) is 0 Å². The van der Waals surface area contributed by atoms with Crippen molar-refractivity contribution in [2.75, 3.05) is 11.0 Å². The average molecular weight is 388 g/mol. The molecule has 6 nitrogen and oxygen atoms in total. The highest BCUT2D eigenvalue weighted by Crippen LogP contribution is 2.25. The lowest BCUT2D eigenvalue weighted by Crippen LogP contribution is -2.37. The zero-order valence-electron chi connectivity index (χ0n) is 15.3. The molecule has 3 rings (SSSR count). The number of sulfonamides is 1. The van der Waals surface area contributed by atoms with E-state index in [1.165, 1.54) is 0 Å². The molecule has 1 aliphatic rings. The quantitative estimate of drug-likeness (QED) is 0.735. The minimum atomic E-state index is -3.30. The number of carbonyl (C=O) groups is 1. The second-order valence-electron chi connectivity index (χ2n) is 6.81. The number of nitrogens with zero attached hydrogens (tertiary/aromatic N) is 1. The maximum atomic E-state index is 12.8. The number of furan rings is 1. The molecule has 0 unspecified atom stereocenters. The number of hydrogen-bond acceptors (Lipinski definition) is 4. The summed E-state index contributed by atoms with van der Waals surface area (Å²) in [5.74, 6) is 0.733. The van der Waals surface area contributed by atoms with E-state index in [4.69, 9.17) is 4.42 Å². The van der Waals surface area contributed by atoms with Crippen LogP contribution in [0.1, 0.15) is 37.0 Å². The second-order valence-corrected chi connectivity index (χ2v) is 8.56. The summed E-state index contributed by atoms with van der Waals surface area (Å²) in [6.07, 6.45) is 10.4. The fraction of sp³-hybridized carbons (Fsp3) is 0.350. The van der Waals surface area contributed by atoms with E-state index in [-0.39, 0.29) is 11.9 Å². The van der Waals surface area contributed by atoms with E-state index in [1.54, 1.807) is 42.7 Å². The van der Waals surface area contributed by atoms with Crippen molar-refractivity contribution in [3.8, 4) is 0 Å². The van der Waals surface area contributed by atoms with Gasteiger partial charge >= 0.3 is 0 Å². The van der Waals surface area contributed by atoms with E-state index in [2.05, 4.69) is 4.72 Å². The first-order valence-electron chi connectivity index (χ1n) is 9.00. The maximum absolute atomic E-state index is 12.8. The van der Waals surface area contributed by atoms with Crippen LogP contribution in [-0.4, -0.2) is 31.5 Å².